The SMILES string of the molecule is COCCCCCOC1CCN(c2ccc(-c3nnc(-c4ccc(C(=O)On5nnc6ccccc65)cc4)s3)cc2)CC1. The van der Waals surface area contributed by atoms with E-state index in [0.717, 1.165) is 84.4 Å². The van der Waals surface area contributed by atoms with Gasteiger partial charge in [-0.1, -0.05) is 40.4 Å². The number of methoxy groups -OCH3 is 1. The number of hydrogen-bond acceptors (Lipinski definition) is 10. The number of benzene rings is 3. The minimum absolute atomic E-state index is 0.353. The molecule has 0 saturated carbocycles. The maximum atomic E-state index is 12.7. The standard InChI is InChI=1S/C32H34N6O4S/c1-40-21-5-2-6-22-41-27-17-19-37(20-18-27)26-15-13-24(14-16-26)31-35-34-30(43-31)23-9-11-25(12-10-23)32(39)42-38-29-8-4-3-7-28(29)33-36-38/h3-4,7-16,27H,2,5-6,17-22H2,1H3. The second-order valence-corrected chi connectivity index (χ2v) is 11.5. The summed E-state index contributed by atoms with van der Waals surface area (Å²) < 4.78 is 11.2. The lowest BCUT2D eigenvalue weighted by molar-refractivity contribution is 0.0340. The molecule has 2 aromatic heterocycles. The molecule has 3 heterocycles. The molecule has 0 atom stereocenters. The molecule has 0 spiro atoms. The third-order valence-electron chi connectivity index (χ3n) is 7.55. The number of fused-ring (bicyclic) bond motifs is 1. The first-order chi connectivity index (χ1) is 21.2. The van der Waals surface area contributed by atoms with E-state index in [2.05, 4.69) is 49.7 Å². The molecule has 0 radical (unpaired) electrons. The van der Waals surface area contributed by atoms with Gasteiger partial charge in [-0.05, 0) is 85.8 Å². The largest absolute Gasteiger partial charge is 0.385 e. The second kappa shape index (κ2) is 13.9. The summed E-state index contributed by atoms with van der Waals surface area (Å²) in [6.45, 7) is 3.66. The molecule has 0 unspecified atom stereocenters. The highest BCUT2D eigenvalue weighted by Gasteiger charge is 2.20. The highest BCUT2D eigenvalue weighted by molar-refractivity contribution is 7.17. The smallest absolute Gasteiger partial charge is 0.365 e. The van der Waals surface area contributed by atoms with Gasteiger partial charge in [-0.2, -0.15) is 0 Å². The number of anilines is 1. The molecule has 43 heavy (non-hydrogen) atoms. The maximum Gasteiger partial charge on any atom is 0.365 e. The molecule has 222 valence electrons. The van der Waals surface area contributed by atoms with E-state index in [0.29, 0.717) is 22.7 Å². The van der Waals surface area contributed by atoms with Gasteiger partial charge in [0.15, 0.2) is 0 Å². The van der Waals surface area contributed by atoms with Crippen molar-refractivity contribution in [1.82, 2.24) is 25.4 Å². The van der Waals surface area contributed by atoms with E-state index in [1.54, 1.807) is 31.4 Å². The number of ether oxygens (including phenoxy) is 2. The van der Waals surface area contributed by atoms with Gasteiger partial charge in [-0.15, -0.1) is 15.3 Å². The van der Waals surface area contributed by atoms with Crippen LogP contribution in [-0.4, -0.2) is 70.8 Å². The molecule has 11 heteroatoms. The topological polar surface area (TPSA) is 104 Å². The molecule has 1 aliphatic heterocycles. The van der Waals surface area contributed by atoms with Crippen molar-refractivity contribution in [3.05, 3.63) is 78.4 Å². The molecule has 3 aromatic carbocycles. The Morgan fingerprint density at radius 2 is 1.51 bits per heavy atom. The molecule has 0 amide bonds. The van der Waals surface area contributed by atoms with Crippen molar-refractivity contribution in [2.75, 3.05) is 38.3 Å². The summed E-state index contributed by atoms with van der Waals surface area (Å²) in [6, 6.07) is 22.9. The Hall–Kier alpha value is -4.19. The zero-order chi connectivity index (χ0) is 29.4. The fraction of sp³-hybridized carbons (Fsp3) is 0.344. The van der Waals surface area contributed by atoms with Crippen LogP contribution in [-0.2, 0) is 9.47 Å². The van der Waals surface area contributed by atoms with E-state index >= 15 is 0 Å². The van der Waals surface area contributed by atoms with E-state index in [1.165, 1.54) is 17.0 Å². The van der Waals surface area contributed by atoms with Crippen LogP contribution in [0.15, 0.2) is 72.8 Å². The van der Waals surface area contributed by atoms with Crippen molar-refractivity contribution in [3.8, 4) is 21.1 Å². The quantitative estimate of drug-likeness (QED) is 0.132. The lowest BCUT2D eigenvalue weighted by Crippen LogP contribution is -2.37. The number of carbonyl (C=O) groups excluding carboxylic acids is 1. The summed E-state index contributed by atoms with van der Waals surface area (Å²) in [5.41, 5.74) is 4.79. The summed E-state index contributed by atoms with van der Waals surface area (Å²) in [4.78, 5) is 21.7. The normalized spacial score (nSPS) is 13.9. The van der Waals surface area contributed by atoms with E-state index in [-0.39, 0.29) is 0 Å². The number of rotatable bonds is 12. The summed E-state index contributed by atoms with van der Waals surface area (Å²) in [7, 11) is 1.75. The molecule has 0 N–H and O–H groups in total. The van der Waals surface area contributed by atoms with E-state index in [1.807, 2.05) is 24.3 Å². The Morgan fingerprint density at radius 3 is 2.23 bits per heavy atom. The van der Waals surface area contributed by atoms with E-state index < -0.39 is 5.97 Å². The molecule has 1 fully saturated rings. The van der Waals surface area contributed by atoms with Gasteiger partial charge in [0.05, 0.1) is 11.7 Å². The third kappa shape index (κ3) is 7.07. The van der Waals surface area contributed by atoms with Crippen LogP contribution in [0.1, 0.15) is 42.5 Å². The highest BCUT2D eigenvalue weighted by atomic mass is 32.1. The van der Waals surface area contributed by atoms with Gasteiger partial charge in [0, 0.05) is 50.2 Å². The highest BCUT2D eigenvalue weighted by Crippen LogP contribution is 2.32. The van der Waals surface area contributed by atoms with Crippen molar-refractivity contribution in [1.29, 1.82) is 0 Å². The first-order valence-electron chi connectivity index (χ1n) is 14.6. The minimum Gasteiger partial charge on any atom is -0.385 e. The van der Waals surface area contributed by atoms with Crippen LogP contribution in [0.5, 0.6) is 0 Å². The number of nitrogens with zero attached hydrogens (tertiary/aromatic N) is 6. The monoisotopic (exact) mass is 598 g/mol. The molecule has 1 saturated heterocycles. The van der Waals surface area contributed by atoms with Crippen molar-refractivity contribution >= 4 is 34.0 Å². The molecular formula is C32H34N6O4S. The minimum atomic E-state index is -0.522. The Kier molecular flexibility index (Phi) is 9.31. The van der Waals surface area contributed by atoms with Crippen LogP contribution in [0, 0.1) is 0 Å². The van der Waals surface area contributed by atoms with E-state index in [4.69, 9.17) is 14.3 Å². The fourth-order valence-corrected chi connectivity index (χ4v) is 5.98. The van der Waals surface area contributed by atoms with Crippen LogP contribution in [0.25, 0.3) is 32.2 Å². The van der Waals surface area contributed by atoms with Crippen LogP contribution in [0.2, 0.25) is 0 Å². The van der Waals surface area contributed by atoms with Crippen molar-refractivity contribution in [2.24, 2.45) is 0 Å². The predicted octanol–water partition coefficient (Wildman–Crippen LogP) is 5.69. The summed E-state index contributed by atoms with van der Waals surface area (Å²) in [5.74, 6) is -0.522. The van der Waals surface area contributed by atoms with Gasteiger partial charge in [-0.25, -0.2) is 4.79 Å². The lowest BCUT2D eigenvalue weighted by Gasteiger charge is -2.33. The zero-order valence-corrected chi connectivity index (χ0v) is 24.9. The summed E-state index contributed by atoms with van der Waals surface area (Å²) >= 11 is 1.52. The van der Waals surface area contributed by atoms with Crippen LogP contribution in [0.4, 0.5) is 5.69 Å². The molecule has 1 aliphatic rings. The van der Waals surface area contributed by atoms with Gasteiger partial charge in [-0.3, -0.25) is 0 Å². The Balaban J connectivity index is 1.01. The average molecular weight is 599 g/mol. The number of para-hydroxylation sites is 1. The maximum absolute atomic E-state index is 12.7. The van der Waals surface area contributed by atoms with Gasteiger partial charge >= 0.3 is 5.97 Å². The zero-order valence-electron chi connectivity index (χ0n) is 24.1. The molecule has 5 aromatic rings. The first-order valence-corrected chi connectivity index (χ1v) is 15.4. The van der Waals surface area contributed by atoms with Crippen molar-refractivity contribution in [3.63, 3.8) is 0 Å². The summed E-state index contributed by atoms with van der Waals surface area (Å²) in [6.07, 6.45) is 5.80. The lowest BCUT2D eigenvalue weighted by atomic mass is 10.1. The van der Waals surface area contributed by atoms with Gasteiger partial charge in [0.25, 0.3) is 0 Å². The third-order valence-corrected chi connectivity index (χ3v) is 8.57. The number of hydrogen-bond donors (Lipinski definition) is 0. The van der Waals surface area contributed by atoms with Gasteiger partial charge in [0.1, 0.15) is 21.0 Å². The second-order valence-electron chi connectivity index (χ2n) is 10.5. The molecule has 6 rings (SSSR count). The summed E-state index contributed by atoms with van der Waals surface area (Å²) in [5, 5.41) is 18.4. The average Bonchev–Trinajstić information content (AvgIpc) is 3.71. The molecule has 0 aliphatic carbocycles. The fourth-order valence-electron chi connectivity index (χ4n) is 5.12. The number of aromatic nitrogens is 5. The van der Waals surface area contributed by atoms with Crippen molar-refractivity contribution in [2.45, 2.75) is 38.2 Å². The number of unbranched alkanes of at least 4 members (excludes halogenated alkanes) is 2. The van der Waals surface area contributed by atoms with Crippen LogP contribution in [0.3, 0.4) is 0 Å². The van der Waals surface area contributed by atoms with Crippen LogP contribution < -0.4 is 9.74 Å². The molecule has 10 nitrogen and oxygen atoms in total. The van der Waals surface area contributed by atoms with Crippen LogP contribution >= 0.6 is 11.3 Å². The predicted molar refractivity (Wildman–Crippen MR) is 166 cm³/mol. The van der Waals surface area contributed by atoms with Crippen molar-refractivity contribution < 1.29 is 19.1 Å². The Morgan fingerprint density at radius 1 is 0.837 bits per heavy atom. The Labute approximate surface area is 254 Å². The van der Waals surface area contributed by atoms with Gasteiger partial charge < -0.3 is 19.2 Å². The van der Waals surface area contributed by atoms with Gasteiger partial charge in [0.2, 0.25) is 0 Å². The van der Waals surface area contributed by atoms with E-state index in [9.17, 15) is 4.79 Å². The number of carbonyl (C=O) groups is 1. The Bertz CT molecular complexity index is 1630. The number of piperidine rings is 1. The molecular weight excluding hydrogens is 564 g/mol. The molecule has 0 bridgehead atoms. The first kappa shape index (κ1) is 28.9.